The van der Waals surface area contributed by atoms with Gasteiger partial charge in [0.25, 0.3) is 10.0 Å². The molecule has 6 nitrogen and oxygen atoms in total. The molecule has 0 heterocycles. The number of carbonyl (C=O) groups excluding carboxylic acids is 1. The van der Waals surface area contributed by atoms with Gasteiger partial charge in [-0.05, 0) is 38.1 Å². The molecule has 0 amide bonds. The van der Waals surface area contributed by atoms with Crippen LogP contribution in [0.4, 0.5) is 5.69 Å². The zero-order valence-electron chi connectivity index (χ0n) is 13.5. The van der Waals surface area contributed by atoms with Gasteiger partial charge < -0.3 is 9.47 Å². The van der Waals surface area contributed by atoms with Crippen LogP contribution < -0.4 is 9.46 Å². The molecule has 2 rings (SSSR count). The fourth-order valence-electron chi connectivity index (χ4n) is 1.93. The van der Waals surface area contributed by atoms with Crippen molar-refractivity contribution in [1.29, 1.82) is 0 Å². The normalized spacial score (nSPS) is 10.9. The van der Waals surface area contributed by atoms with E-state index >= 15 is 0 Å². The molecular formula is C17H19NO5S. The lowest BCUT2D eigenvalue weighted by molar-refractivity contribution is -0.145. The molecule has 0 atom stereocenters. The summed E-state index contributed by atoms with van der Waals surface area (Å²) in [6.45, 7) is 3.63. The summed E-state index contributed by atoms with van der Waals surface area (Å²) < 4.78 is 37.2. The summed E-state index contributed by atoms with van der Waals surface area (Å²) in [5.74, 6) is -0.115. The number of sulfonamides is 1. The average Bonchev–Trinajstić information content (AvgIpc) is 2.53. The van der Waals surface area contributed by atoms with Crippen LogP contribution in [0.2, 0.25) is 0 Å². The van der Waals surface area contributed by atoms with E-state index in [1.807, 2.05) is 6.92 Å². The molecule has 7 heteroatoms. The number of esters is 1. The van der Waals surface area contributed by atoms with Crippen molar-refractivity contribution in [3.05, 3.63) is 54.1 Å². The van der Waals surface area contributed by atoms with Crippen molar-refractivity contribution >= 4 is 21.7 Å². The van der Waals surface area contributed by atoms with E-state index in [2.05, 4.69) is 4.72 Å². The van der Waals surface area contributed by atoms with Crippen LogP contribution in [0.25, 0.3) is 0 Å². The topological polar surface area (TPSA) is 81.7 Å². The smallest absolute Gasteiger partial charge is 0.344 e. The number of rotatable bonds is 7. The molecule has 128 valence electrons. The monoisotopic (exact) mass is 349 g/mol. The third kappa shape index (κ3) is 4.99. The Morgan fingerprint density at radius 3 is 2.50 bits per heavy atom. The van der Waals surface area contributed by atoms with Crippen LogP contribution in [0.3, 0.4) is 0 Å². The van der Waals surface area contributed by atoms with Crippen molar-refractivity contribution in [2.45, 2.75) is 18.7 Å². The number of hydrogen-bond acceptors (Lipinski definition) is 5. The van der Waals surface area contributed by atoms with E-state index in [4.69, 9.17) is 9.47 Å². The van der Waals surface area contributed by atoms with Crippen LogP contribution in [0.15, 0.2) is 53.4 Å². The van der Waals surface area contributed by atoms with E-state index in [-0.39, 0.29) is 18.1 Å². The summed E-state index contributed by atoms with van der Waals surface area (Å²) in [5.41, 5.74) is 1.32. The molecule has 0 unspecified atom stereocenters. The molecule has 2 aromatic carbocycles. The van der Waals surface area contributed by atoms with E-state index in [1.54, 1.807) is 49.4 Å². The Balaban J connectivity index is 2.08. The molecule has 24 heavy (non-hydrogen) atoms. The highest BCUT2D eigenvalue weighted by Gasteiger charge is 2.14. The summed E-state index contributed by atoms with van der Waals surface area (Å²) in [6.07, 6.45) is 0. The largest absolute Gasteiger partial charge is 0.482 e. The van der Waals surface area contributed by atoms with Gasteiger partial charge in [0.1, 0.15) is 5.75 Å². The highest BCUT2D eigenvalue weighted by atomic mass is 32.2. The average molecular weight is 349 g/mol. The van der Waals surface area contributed by atoms with Crippen molar-refractivity contribution in [3.63, 3.8) is 0 Å². The molecule has 0 fully saturated rings. The molecule has 0 aliphatic rings. The predicted molar refractivity (Wildman–Crippen MR) is 90.6 cm³/mol. The van der Waals surface area contributed by atoms with Crippen molar-refractivity contribution < 1.29 is 22.7 Å². The van der Waals surface area contributed by atoms with Crippen molar-refractivity contribution in [1.82, 2.24) is 0 Å². The fraction of sp³-hybridized carbons (Fsp3) is 0.235. The number of benzene rings is 2. The summed E-state index contributed by atoms with van der Waals surface area (Å²) in [5, 5.41) is 0. The maximum Gasteiger partial charge on any atom is 0.344 e. The standard InChI is InChI=1S/C17H19NO5S/c1-3-22-17(19)12-23-15-6-4-5-14(11-15)18-24(20,21)16-9-7-13(2)8-10-16/h4-11,18H,3,12H2,1-2H3. The van der Waals surface area contributed by atoms with E-state index in [9.17, 15) is 13.2 Å². The van der Waals surface area contributed by atoms with E-state index in [0.29, 0.717) is 11.4 Å². The second-order valence-electron chi connectivity index (χ2n) is 5.04. The van der Waals surface area contributed by atoms with Gasteiger partial charge in [-0.1, -0.05) is 23.8 Å². The van der Waals surface area contributed by atoms with Gasteiger partial charge in [-0.15, -0.1) is 0 Å². The zero-order valence-corrected chi connectivity index (χ0v) is 14.3. The summed E-state index contributed by atoms with van der Waals surface area (Å²) in [6, 6.07) is 12.9. The molecule has 0 saturated carbocycles. The Hall–Kier alpha value is -2.54. The Kier molecular flexibility index (Phi) is 5.81. The quantitative estimate of drug-likeness (QED) is 0.777. The SMILES string of the molecule is CCOC(=O)COc1cccc(NS(=O)(=O)c2ccc(C)cc2)c1. The van der Waals surface area contributed by atoms with Gasteiger partial charge in [0.15, 0.2) is 6.61 Å². The van der Waals surface area contributed by atoms with Crippen molar-refractivity contribution in [3.8, 4) is 5.75 Å². The lowest BCUT2D eigenvalue weighted by Crippen LogP contribution is -2.15. The Morgan fingerprint density at radius 1 is 1.12 bits per heavy atom. The lowest BCUT2D eigenvalue weighted by Gasteiger charge is -2.10. The molecule has 0 aromatic heterocycles. The molecule has 0 saturated heterocycles. The van der Waals surface area contributed by atoms with E-state index < -0.39 is 16.0 Å². The van der Waals surface area contributed by atoms with Gasteiger partial charge in [-0.25, -0.2) is 13.2 Å². The van der Waals surface area contributed by atoms with E-state index in [1.165, 1.54) is 6.07 Å². The molecule has 0 aliphatic heterocycles. The third-order valence-electron chi connectivity index (χ3n) is 3.08. The number of nitrogens with one attached hydrogen (secondary N) is 1. The number of carbonyl (C=O) groups is 1. The second kappa shape index (κ2) is 7.83. The molecule has 1 N–H and O–H groups in total. The highest BCUT2D eigenvalue weighted by molar-refractivity contribution is 7.92. The van der Waals surface area contributed by atoms with Gasteiger partial charge in [0, 0.05) is 6.07 Å². The summed E-state index contributed by atoms with van der Waals surface area (Å²) >= 11 is 0. The number of aryl methyl sites for hydroxylation is 1. The van der Waals surface area contributed by atoms with Crippen LogP contribution >= 0.6 is 0 Å². The molecule has 0 aliphatic carbocycles. The minimum Gasteiger partial charge on any atom is -0.482 e. The lowest BCUT2D eigenvalue weighted by atomic mass is 10.2. The summed E-state index contributed by atoms with van der Waals surface area (Å²) in [4.78, 5) is 11.5. The predicted octanol–water partition coefficient (Wildman–Crippen LogP) is 2.74. The minimum atomic E-state index is -3.68. The molecule has 0 radical (unpaired) electrons. The first-order valence-corrected chi connectivity index (χ1v) is 8.87. The fourth-order valence-corrected chi connectivity index (χ4v) is 2.98. The first kappa shape index (κ1) is 17.8. The maximum absolute atomic E-state index is 12.3. The van der Waals surface area contributed by atoms with Gasteiger partial charge in [0.05, 0.1) is 17.2 Å². The first-order valence-electron chi connectivity index (χ1n) is 7.38. The summed E-state index contributed by atoms with van der Waals surface area (Å²) in [7, 11) is -3.68. The third-order valence-corrected chi connectivity index (χ3v) is 4.48. The molecular weight excluding hydrogens is 330 g/mol. The van der Waals surface area contributed by atoms with Crippen LogP contribution in [-0.2, 0) is 19.6 Å². The zero-order chi connectivity index (χ0) is 17.6. The van der Waals surface area contributed by atoms with Gasteiger partial charge in [0.2, 0.25) is 0 Å². The van der Waals surface area contributed by atoms with E-state index in [0.717, 1.165) is 5.56 Å². The van der Waals surface area contributed by atoms with Gasteiger partial charge >= 0.3 is 5.97 Å². The van der Waals surface area contributed by atoms with Crippen LogP contribution in [-0.4, -0.2) is 27.6 Å². The molecule has 0 bridgehead atoms. The number of anilines is 1. The highest BCUT2D eigenvalue weighted by Crippen LogP contribution is 2.21. The van der Waals surface area contributed by atoms with Gasteiger partial charge in [-0.2, -0.15) is 0 Å². The van der Waals surface area contributed by atoms with Gasteiger partial charge in [-0.3, -0.25) is 4.72 Å². The maximum atomic E-state index is 12.3. The number of ether oxygens (including phenoxy) is 2. The van der Waals surface area contributed by atoms with Crippen molar-refractivity contribution in [2.24, 2.45) is 0 Å². The Morgan fingerprint density at radius 2 is 1.83 bits per heavy atom. The Bertz CT molecular complexity index is 800. The second-order valence-corrected chi connectivity index (χ2v) is 6.72. The first-order chi connectivity index (χ1) is 11.4. The Labute approximate surface area is 141 Å². The minimum absolute atomic E-state index is 0.172. The van der Waals surface area contributed by atoms with Crippen LogP contribution in [0.5, 0.6) is 5.75 Å². The number of hydrogen-bond donors (Lipinski definition) is 1. The molecule has 0 spiro atoms. The van der Waals surface area contributed by atoms with Crippen LogP contribution in [0.1, 0.15) is 12.5 Å². The molecule has 2 aromatic rings. The van der Waals surface area contributed by atoms with Crippen LogP contribution in [0, 0.1) is 6.92 Å². The van der Waals surface area contributed by atoms with Crippen molar-refractivity contribution in [2.75, 3.05) is 17.9 Å².